The number of unbranched alkanes of at least 4 members (excludes halogenated alkanes) is 3. The average Bonchev–Trinajstić information content (AvgIpc) is 2.35. The minimum absolute atomic E-state index is 0.125. The highest BCUT2D eigenvalue weighted by molar-refractivity contribution is 4.39. The van der Waals surface area contributed by atoms with Crippen LogP contribution in [0.1, 0.15) is 25.7 Å². The van der Waals surface area contributed by atoms with Crippen LogP contribution >= 0.6 is 0 Å². The first kappa shape index (κ1) is 21.1. The van der Waals surface area contributed by atoms with E-state index in [1.807, 2.05) is 0 Å². The van der Waals surface area contributed by atoms with Crippen molar-refractivity contribution in [3.63, 3.8) is 0 Å². The highest BCUT2D eigenvalue weighted by Crippen LogP contribution is 1.96. The largest absolute Gasteiger partial charge is 0.396 e. The molecule has 102 valence electrons. The topological polar surface area (TPSA) is 121 Å². The van der Waals surface area contributed by atoms with Crippen LogP contribution in [0.15, 0.2) is 0 Å². The third-order valence-corrected chi connectivity index (χ3v) is 1.27. The van der Waals surface area contributed by atoms with Gasteiger partial charge in [0.2, 0.25) is 0 Å². The number of hydrogen-bond donors (Lipinski definition) is 6. The molecule has 0 bridgehead atoms. The van der Waals surface area contributed by atoms with Crippen LogP contribution in [0.4, 0.5) is 0 Å². The van der Waals surface area contributed by atoms with Crippen molar-refractivity contribution in [1.29, 1.82) is 0 Å². The van der Waals surface area contributed by atoms with Gasteiger partial charge >= 0.3 is 0 Å². The Kier molecular flexibility index (Phi) is 38.7. The quantitative estimate of drug-likeness (QED) is 0.301. The van der Waals surface area contributed by atoms with Crippen molar-refractivity contribution in [2.45, 2.75) is 25.7 Å². The van der Waals surface area contributed by atoms with Crippen LogP contribution in [0.25, 0.3) is 0 Å². The van der Waals surface area contributed by atoms with E-state index < -0.39 is 0 Å². The van der Waals surface area contributed by atoms with E-state index in [1.165, 1.54) is 0 Å². The molecule has 0 radical (unpaired) electrons. The van der Waals surface area contributed by atoms with Crippen molar-refractivity contribution in [3.05, 3.63) is 0 Å². The summed E-state index contributed by atoms with van der Waals surface area (Å²) in [5.74, 6) is 0. The molecule has 0 spiro atoms. The lowest BCUT2D eigenvalue weighted by Gasteiger charge is -1.93. The van der Waals surface area contributed by atoms with Gasteiger partial charge in [0.25, 0.3) is 0 Å². The summed E-state index contributed by atoms with van der Waals surface area (Å²) in [6.07, 6.45) is 3.83. The minimum atomic E-state index is -0.125. The maximum Gasteiger partial charge on any atom is 0.0662 e. The van der Waals surface area contributed by atoms with Crippen LogP contribution in [-0.4, -0.2) is 70.3 Å². The molecule has 0 heterocycles. The first-order valence-corrected chi connectivity index (χ1v) is 5.40. The second-order valence-corrected chi connectivity index (χ2v) is 2.76. The number of rotatable bonds is 7. The van der Waals surface area contributed by atoms with Crippen molar-refractivity contribution in [3.8, 4) is 0 Å². The molecule has 6 nitrogen and oxygen atoms in total. The Morgan fingerprint density at radius 3 is 0.688 bits per heavy atom. The molecule has 0 unspecified atom stereocenters. The van der Waals surface area contributed by atoms with E-state index in [2.05, 4.69) is 0 Å². The summed E-state index contributed by atoms with van der Waals surface area (Å²) in [5.41, 5.74) is 0. The summed E-state index contributed by atoms with van der Waals surface area (Å²) in [7, 11) is 0. The van der Waals surface area contributed by atoms with E-state index in [9.17, 15) is 0 Å². The summed E-state index contributed by atoms with van der Waals surface area (Å²) in [6.45, 7) is 0.0663. The molecule has 0 aliphatic rings. The lowest BCUT2D eigenvalue weighted by molar-refractivity contribution is 0.186. The third kappa shape index (κ3) is 49.0. The van der Waals surface area contributed by atoms with Crippen LogP contribution in [0.5, 0.6) is 0 Å². The second-order valence-electron chi connectivity index (χ2n) is 2.76. The number of aliphatic hydroxyl groups excluding tert-OH is 6. The van der Waals surface area contributed by atoms with Gasteiger partial charge in [-0.25, -0.2) is 0 Å². The Morgan fingerprint density at radius 1 is 0.312 bits per heavy atom. The van der Waals surface area contributed by atoms with Gasteiger partial charge in [-0.2, -0.15) is 0 Å². The molecule has 0 aliphatic heterocycles. The van der Waals surface area contributed by atoms with E-state index in [1.54, 1.807) is 0 Å². The van der Waals surface area contributed by atoms with Gasteiger partial charge in [-0.15, -0.1) is 0 Å². The van der Waals surface area contributed by atoms with Crippen molar-refractivity contribution in [2.75, 3.05) is 39.6 Å². The molecule has 0 aromatic rings. The van der Waals surface area contributed by atoms with Crippen LogP contribution in [0.3, 0.4) is 0 Å². The highest BCUT2D eigenvalue weighted by atomic mass is 16.3. The normalized spacial score (nSPS) is 8.62. The Balaban J connectivity index is -0.000000179. The molecule has 0 fully saturated rings. The first-order chi connectivity index (χ1) is 7.74. The van der Waals surface area contributed by atoms with Gasteiger partial charge in [0.1, 0.15) is 0 Å². The number of aliphatic hydroxyl groups is 6. The molecule has 6 heteroatoms. The molecule has 0 amide bonds. The molecule has 6 N–H and O–H groups in total. The van der Waals surface area contributed by atoms with Gasteiger partial charge in [0.15, 0.2) is 0 Å². The van der Waals surface area contributed by atoms with Crippen molar-refractivity contribution in [1.82, 2.24) is 0 Å². The maximum atomic E-state index is 8.30. The summed E-state index contributed by atoms with van der Waals surface area (Å²) in [4.78, 5) is 0. The van der Waals surface area contributed by atoms with E-state index in [-0.39, 0.29) is 39.6 Å². The molecule has 0 saturated heterocycles. The minimum Gasteiger partial charge on any atom is -0.396 e. The van der Waals surface area contributed by atoms with Crippen molar-refractivity contribution >= 4 is 0 Å². The average molecular weight is 242 g/mol. The molecule has 0 atom stereocenters. The monoisotopic (exact) mass is 242 g/mol. The fraction of sp³-hybridized carbons (Fsp3) is 1.00. The van der Waals surface area contributed by atoms with Gasteiger partial charge < -0.3 is 30.6 Å². The van der Waals surface area contributed by atoms with Crippen LogP contribution in [0, 0.1) is 0 Å². The SMILES string of the molecule is OCCCCCCO.OCCO.OCCO. The number of hydrogen-bond acceptors (Lipinski definition) is 6. The van der Waals surface area contributed by atoms with Crippen molar-refractivity contribution in [2.24, 2.45) is 0 Å². The van der Waals surface area contributed by atoms with Crippen LogP contribution in [-0.2, 0) is 0 Å². The van der Waals surface area contributed by atoms with Gasteiger partial charge in [-0.05, 0) is 12.8 Å². The lowest BCUT2D eigenvalue weighted by atomic mass is 10.2. The van der Waals surface area contributed by atoms with Gasteiger partial charge in [-0.3, -0.25) is 0 Å². The Labute approximate surface area is 96.8 Å². The van der Waals surface area contributed by atoms with Crippen LogP contribution < -0.4 is 0 Å². The van der Waals surface area contributed by atoms with E-state index in [4.69, 9.17) is 30.6 Å². The van der Waals surface area contributed by atoms with Gasteiger partial charge in [-0.1, -0.05) is 12.8 Å². The summed E-state index contributed by atoms with van der Waals surface area (Å²) < 4.78 is 0. The molecule has 0 saturated carbocycles. The fourth-order valence-electron chi connectivity index (χ4n) is 0.577. The second kappa shape index (κ2) is 29.3. The maximum absolute atomic E-state index is 8.30. The molecule has 0 rings (SSSR count). The molecule has 0 aromatic heterocycles. The Bertz CT molecular complexity index is 67.7. The standard InChI is InChI=1S/C6H14O2.2C2H6O2/c7-5-3-1-2-4-6-8;2*3-1-2-4/h7-8H,1-6H2;2*3-4H,1-2H2. The zero-order valence-electron chi connectivity index (χ0n) is 9.75. The van der Waals surface area contributed by atoms with E-state index >= 15 is 0 Å². The summed E-state index contributed by atoms with van der Waals surface area (Å²) in [6, 6.07) is 0. The third-order valence-electron chi connectivity index (χ3n) is 1.27. The smallest absolute Gasteiger partial charge is 0.0662 e. The molecule has 0 aromatic carbocycles. The lowest BCUT2D eigenvalue weighted by Crippen LogP contribution is -1.85. The predicted molar refractivity (Wildman–Crippen MR) is 61.0 cm³/mol. The predicted octanol–water partition coefficient (Wildman–Crippen LogP) is -1.53. The van der Waals surface area contributed by atoms with Crippen molar-refractivity contribution < 1.29 is 30.6 Å². The fourth-order valence-corrected chi connectivity index (χ4v) is 0.577. The Hall–Kier alpha value is -0.240. The van der Waals surface area contributed by atoms with Gasteiger partial charge in [0, 0.05) is 13.2 Å². The van der Waals surface area contributed by atoms with Crippen LogP contribution in [0.2, 0.25) is 0 Å². The van der Waals surface area contributed by atoms with E-state index in [0.29, 0.717) is 0 Å². The first-order valence-electron chi connectivity index (χ1n) is 5.40. The zero-order chi connectivity index (χ0) is 13.1. The molecule has 16 heavy (non-hydrogen) atoms. The Morgan fingerprint density at radius 2 is 0.562 bits per heavy atom. The highest BCUT2D eigenvalue weighted by Gasteiger charge is 1.84. The zero-order valence-corrected chi connectivity index (χ0v) is 9.75. The van der Waals surface area contributed by atoms with E-state index in [0.717, 1.165) is 25.7 Å². The van der Waals surface area contributed by atoms with Gasteiger partial charge in [0.05, 0.1) is 26.4 Å². The summed E-state index contributed by atoms with van der Waals surface area (Å²) in [5, 5.41) is 47.1. The molecular formula is C10H26O6. The summed E-state index contributed by atoms with van der Waals surface area (Å²) >= 11 is 0. The molecular weight excluding hydrogens is 216 g/mol. The molecule has 0 aliphatic carbocycles.